The maximum Gasteiger partial charge on any atom is 0.254 e. The van der Waals surface area contributed by atoms with Crippen LogP contribution in [0.3, 0.4) is 0 Å². The van der Waals surface area contributed by atoms with E-state index in [4.69, 9.17) is 0 Å². The molecule has 0 radical (unpaired) electrons. The third-order valence-electron chi connectivity index (χ3n) is 4.91. The highest BCUT2D eigenvalue weighted by Crippen LogP contribution is 2.29. The minimum absolute atomic E-state index is 0.0621. The van der Waals surface area contributed by atoms with Gasteiger partial charge in [0.05, 0.1) is 11.1 Å². The second-order valence-corrected chi connectivity index (χ2v) is 6.90. The normalized spacial score (nSPS) is 10.4. The summed E-state index contributed by atoms with van der Waals surface area (Å²) in [7, 11) is 0. The van der Waals surface area contributed by atoms with E-state index in [1.54, 1.807) is 11.5 Å². The maximum atomic E-state index is 13.7. The molecule has 0 aliphatic heterocycles. The number of hydrogen-bond acceptors (Lipinski definition) is 3. The summed E-state index contributed by atoms with van der Waals surface area (Å²) in [5.41, 5.74) is 2.41. The van der Waals surface area contributed by atoms with Crippen molar-refractivity contribution in [2.45, 2.75) is 20.3 Å². The van der Waals surface area contributed by atoms with Crippen molar-refractivity contribution >= 4 is 17.6 Å². The maximum absolute atomic E-state index is 13.7. The molecule has 8 heteroatoms. The Morgan fingerprint density at radius 2 is 1.81 bits per heavy atom. The number of aromatic nitrogens is 1. The van der Waals surface area contributed by atoms with Gasteiger partial charge in [-0.2, -0.15) is 5.26 Å². The third kappa shape index (κ3) is 4.61. The van der Waals surface area contributed by atoms with E-state index in [1.165, 1.54) is 0 Å². The Morgan fingerprint density at radius 3 is 2.45 bits per heavy atom. The molecule has 2 N–H and O–H groups in total. The van der Waals surface area contributed by atoms with Crippen LogP contribution in [-0.2, 0) is 4.79 Å². The number of nitrogens with zero attached hydrogens (tertiary/aromatic N) is 2. The van der Waals surface area contributed by atoms with Crippen molar-refractivity contribution in [3.05, 3.63) is 82.5 Å². The summed E-state index contributed by atoms with van der Waals surface area (Å²) >= 11 is 0. The van der Waals surface area contributed by atoms with E-state index in [-0.39, 0.29) is 18.5 Å². The molecule has 0 aliphatic rings. The van der Waals surface area contributed by atoms with Gasteiger partial charge in [0.15, 0.2) is 0 Å². The molecule has 0 aliphatic carbocycles. The van der Waals surface area contributed by atoms with E-state index in [0.717, 1.165) is 29.1 Å². The molecule has 31 heavy (non-hydrogen) atoms. The molecule has 0 bridgehead atoms. The molecule has 1 aromatic heterocycles. The Bertz CT molecular complexity index is 1180. The van der Waals surface area contributed by atoms with Crippen molar-refractivity contribution in [1.82, 2.24) is 9.88 Å². The highest BCUT2D eigenvalue weighted by molar-refractivity contribution is 5.96. The van der Waals surface area contributed by atoms with Crippen molar-refractivity contribution in [2.24, 2.45) is 0 Å². The minimum Gasteiger partial charge on any atom is -0.351 e. The number of para-hydroxylation sites is 1. The Labute approximate surface area is 178 Å². The first-order valence-electron chi connectivity index (χ1n) is 9.54. The molecule has 0 saturated heterocycles. The number of halogens is 2. The van der Waals surface area contributed by atoms with Gasteiger partial charge in [-0.15, -0.1) is 0 Å². The largest absolute Gasteiger partial charge is 0.351 e. The molecular formula is C23H20F2N4O2. The van der Waals surface area contributed by atoms with Crippen molar-refractivity contribution in [2.75, 3.05) is 11.9 Å². The highest BCUT2D eigenvalue weighted by atomic mass is 19.1. The number of hydrogen-bond donors (Lipinski definition) is 2. The van der Waals surface area contributed by atoms with Gasteiger partial charge in [0, 0.05) is 30.4 Å². The summed E-state index contributed by atoms with van der Waals surface area (Å²) in [6.07, 6.45) is -0.0997. The van der Waals surface area contributed by atoms with E-state index >= 15 is 0 Å². The zero-order valence-electron chi connectivity index (χ0n) is 17.0. The van der Waals surface area contributed by atoms with E-state index < -0.39 is 23.4 Å². The second-order valence-electron chi connectivity index (χ2n) is 6.90. The van der Waals surface area contributed by atoms with Gasteiger partial charge in [-0.3, -0.25) is 14.2 Å². The highest BCUT2D eigenvalue weighted by Gasteiger charge is 2.20. The number of benzene rings is 2. The summed E-state index contributed by atoms with van der Waals surface area (Å²) in [6, 6.07) is 14.1. The van der Waals surface area contributed by atoms with E-state index in [0.29, 0.717) is 17.4 Å². The molecule has 6 nitrogen and oxygen atoms in total. The number of anilines is 1. The van der Waals surface area contributed by atoms with Crippen molar-refractivity contribution in [3.8, 4) is 11.8 Å². The molecule has 0 spiro atoms. The van der Waals surface area contributed by atoms with Crippen LogP contribution in [0.5, 0.6) is 0 Å². The van der Waals surface area contributed by atoms with Crippen LogP contribution < -0.4 is 10.6 Å². The van der Waals surface area contributed by atoms with Gasteiger partial charge < -0.3 is 10.6 Å². The lowest BCUT2D eigenvalue weighted by Crippen LogP contribution is -2.28. The average Bonchev–Trinajstić information content (AvgIpc) is 2.97. The predicted octanol–water partition coefficient (Wildman–Crippen LogP) is 4.00. The average molecular weight is 422 g/mol. The minimum atomic E-state index is -0.979. The molecule has 158 valence electrons. The zero-order valence-corrected chi connectivity index (χ0v) is 17.0. The van der Waals surface area contributed by atoms with Gasteiger partial charge >= 0.3 is 0 Å². The van der Waals surface area contributed by atoms with Crippen LogP contribution in [0.1, 0.15) is 33.6 Å². The molecule has 2 amide bonds. The summed E-state index contributed by atoms with van der Waals surface area (Å²) in [5.74, 6) is -2.58. The molecule has 0 fully saturated rings. The number of amides is 2. The van der Waals surface area contributed by atoms with Crippen LogP contribution in [0.25, 0.3) is 5.69 Å². The number of carbonyl (C=O) groups is 2. The van der Waals surface area contributed by atoms with Crippen LogP contribution >= 0.6 is 0 Å². The molecule has 3 aromatic rings. The lowest BCUT2D eigenvalue weighted by atomic mass is 10.2. The SMILES string of the molecule is Cc1c(C#N)c(NC(=O)CCNC(=O)c2ccc(F)cc2F)n(-c2ccccc2)c1C. The van der Waals surface area contributed by atoms with Gasteiger partial charge in [0.2, 0.25) is 5.91 Å². The standard InChI is InChI=1S/C23H20F2N4O2/c1-14-15(2)29(17-6-4-3-5-7-17)22(19(14)13-26)28-21(30)10-11-27-23(31)18-9-8-16(24)12-20(18)25/h3-9,12H,10-11H2,1-2H3,(H,27,31)(H,28,30). The molecule has 0 atom stereocenters. The molecule has 3 rings (SSSR count). The van der Waals surface area contributed by atoms with E-state index in [9.17, 15) is 23.6 Å². The molecular weight excluding hydrogens is 402 g/mol. The van der Waals surface area contributed by atoms with Crippen LogP contribution in [0.2, 0.25) is 0 Å². The first-order chi connectivity index (χ1) is 14.8. The van der Waals surface area contributed by atoms with Crippen LogP contribution in [0.4, 0.5) is 14.6 Å². The van der Waals surface area contributed by atoms with E-state index in [2.05, 4.69) is 16.7 Å². The van der Waals surface area contributed by atoms with Gasteiger partial charge in [-0.05, 0) is 43.7 Å². The van der Waals surface area contributed by atoms with Crippen LogP contribution in [0, 0.1) is 36.8 Å². The monoisotopic (exact) mass is 422 g/mol. The summed E-state index contributed by atoms with van der Waals surface area (Å²) in [4.78, 5) is 24.6. The summed E-state index contributed by atoms with van der Waals surface area (Å²) in [6.45, 7) is 3.60. The topological polar surface area (TPSA) is 86.9 Å². The van der Waals surface area contributed by atoms with E-state index in [1.807, 2.05) is 37.3 Å². The molecule has 0 unspecified atom stereocenters. The third-order valence-corrected chi connectivity index (χ3v) is 4.91. The van der Waals surface area contributed by atoms with Gasteiger partial charge in [0.1, 0.15) is 23.5 Å². The predicted molar refractivity (Wildman–Crippen MR) is 112 cm³/mol. The van der Waals surface area contributed by atoms with Crippen molar-refractivity contribution in [1.29, 1.82) is 5.26 Å². The van der Waals surface area contributed by atoms with Crippen molar-refractivity contribution < 1.29 is 18.4 Å². The summed E-state index contributed by atoms with van der Waals surface area (Å²) in [5, 5.41) is 14.8. The van der Waals surface area contributed by atoms with Gasteiger partial charge in [-0.25, -0.2) is 8.78 Å². The Balaban J connectivity index is 1.72. The number of rotatable bonds is 6. The smallest absolute Gasteiger partial charge is 0.254 e. The first kappa shape index (κ1) is 21.7. The quantitative estimate of drug-likeness (QED) is 0.629. The fraction of sp³-hybridized carbons (Fsp3) is 0.174. The van der Waals surface area contributed by atoms with Crippen LogP contribution in [-0.4, -0.2) is 22.9 Å². The number of carbonyl (C=O) groups excluding carboxylic acids is 2. The van der Waals surface area contributed by atoms with Crippen LogP contribution in [0.15, 0.2) is 48.5 Å². The Kier molecular flexibility index (Phi) is 6.46. The Hall–Kier alpha value is -3.99. The first-order valence-corrected chi connectivity index (χ1v) is 9.54. The van der Waals surface area contributed by atoms with Gasteiger partial charge in [-0.1, -0.05) is 18.2 Å². The van der Waals surface area contributed by atoms with Gasteiger partial charge in [0.25, 0.3) is 5.91 Å². The second kappa shape index (κ2) is 9.22. The lowest BCUT2D eigenvalue weighted by molar-refractivity contribution is -0.116. The lowest BCUT2D eigenvalue weighted by Gasteiger charge is -2.13. The molecule has 1 heterocycles. The number of nitrogens with one attached hydrogen (secondary N) is 2. The Morgan fingerprint density at radius 1 is 1.10 bits per heavy atom. The molecule has 0 saturated carbocycles. The zero-order chi connectivity index (χ0) is 22.5. The van der Waals surface area contributed by atoms with Crippen molar-refractivity contribution in [3.63, 3.8) is 0 Å². The fourth-order valence-electron chi connectivity index (χ4n) is 3.21. The molecule has 2 aromatic carbocycles. The fourth-order valence-corrected chi connectivity index (χ4v) is 3.21. The number of nitriles is 1. The summed E-state index contributed by atoms with van der Waals surface area (Å²) < 4.78 is 28.5.